The lowest BCUT2D eigenvalue weighted by atomic mass is 10.0. The molecule has 0 saturated carbocycles. The van der Waals surface area contributed by atoms with Crippen LogP contribution in [0, 0.1) is 0 Å². The van der Waals surface area contributed by atoms with Gasteiger partial charge in [-0.2, -0.15) is 0 Å². The number of aliphatic hydroxyl groups is 2. The Labute approximate surface area is 415 Å². The summed E-state index contributed by atoms with van der Waals surface area (Å²) in [5.74, 6) is -0.0246. The first kappa shape index (κ1) is 64.9. The molecular formula is C62H121NO3. The molecule has 1 amide bonds. The topological polar surface area (TPSA) is 69.6 Å². The third-order valence-corrected chi connectivity index (χ3v) is 14.5. The van der Waals surface area contributed by atoms with Gasteiger partial charge in [0.25, 0.3) is 0 Å². The number of hydrogen-bond acceptors (Lipinski definition) is 3. The maximum atomic E-state index is 12.5. The maximum Gasteiger partial charge on any atom is 0.220 e. The van der Waals surface area contributed by atoms with E-state index in [1.165, 1.54) is 289 Å². The Bertz CT molecular complexity index is 963. The predicted molar refractivity (Wildman–Crippen MR) is 295 cm³/mol. The van der Waals surface area contributed by atoms with E-state index in [4.69, 9.17) is 0 Å². The Morgan fingerprint density at radius 2 is 0.621 bits per heavy atom. The molecule has 0 heterocycles. The average molecular weight is 929 g/mol. The highest BCUT2D eigenvalue weighted by Gasteiger charge is 2.20. The van der Waals surface area contributed by atoms with Crippen LogP contribution >= 0.6 is 0 Å². The van der Waals surface area contributed by atoms with Gasteiger partial charge in [0.1, 0.15) is 0 Å². The zero-order chi connectivity index (χ0) is 47.7. The van der Waals surface area contributed by atoms with Crippen LogP contribution in [-0.4, -0.2) is 34.9 Å². The molecule has 0 aliphatic heterocycles. The molecule has 392 valence electrons. The lowest BCUT2D eigenvalue weighted by molar-refractivity contribution is -0.123. The van der Waals surface area contributed by atoms with E-state index in [0.717, 1.165) is 32.1 Å². The molecule has 2 unspecified atom stereocenters. The quantitative estimate of drug-likeness (QED) is 0.0420. The van der Waals surface area contributed by atoms with E-state index in [-0.39, 0.29) is 12.5 Å². The minimum Gasteiger partial charge on any atom is -0.394 e. The van der Waals surface area contributed by atoms with Gasteiger partial charge in [0, 0.05) is 6.42 Å². The van der Waals surface area contributed by atoms with Gasteiger partial charge in [-0.1, -0.05) is 321 Å². The smallest absolute Gasteiger partial charge is 0.220 e. The van der Waals surface area contributed by atoms with Crippen LogP contribution in [0.25, 0.3) is 0 Å². The molecule has 0 spiro atoms. The van der Waals surface area contributed by atoms with E-state index < -0.39 is 12.1 Å². The van der Waals surface area contributed by atoms with Crippen LogP contribution in [-0.2, 0) is 4.79 Å². The zero-order valence-electron chi connectivity index (χ0n) is 45.2. The van der Waals surface area contributed by atoms with Crippen molar-refractivity contribution in [3.63, 3.8) is 0 Å². The summed E-state index contributed by atoms with van der Waals surface area (Å²) in [4.78, 5) is 12.5. The Hall–Kier alpha value is -1.13. The van der Waals surface area contributed by atoms with Gasteiger partial charge in [-0.3, -0.25) is 4.79 Å². The molecule has 0 aromatic heterocycles. The zero-order valence-corrected chi connectivity index (χ0v) is 45.2. The summed E-state index contributed by atoms with van der Waals surface area (Å²) in [6.45, 7) is 4.37. The van der Waals surface area contributed by atoms with Gasteiger partial charge in [0.15, 0.2) is 0 Å². The van der Waals surface area contributed by atoms with Gasteiger partial charge in [0.05, 0.1) is 18.8 Å². The van der Waals surface area contributed by atoms with Crippen molar-refractivity contribution < 1.29 is 15.0 Å². The minimum atomic E-state index is -0.655. The number of carbonyl (C=O) groups is 1. The maximum absolute atomic E-state index is 12.5. The number of carbonyl (C=O) groups excluding carboxylic acids is 1. The summed E-state index contributed by atoms with van der Waals surface area (Å²) in [7, 11) is 0. The molecule has 66 heavy (non-hydrogen) atoms. The fraction of sp³-hybridized carbons (Fsp3) is 0.919. The van der Waals surface area contributed by atoms with E-state index in [0.29, 0.717) is 12.8 Å². The Morgan fingerprint density at radius 3 is 0.909 bits per heavy atom. The number of unbranched alkanes of at least 4 members (excludes halogenated alkanes) is 46. The molecule has 2 atom stereocenters. The highest BCUT2D eigenvalue weighted by molar-refractivity contribution is 5.76. The van der Waals surface area contributed by atoms with Crippen molar-refractivity contribution in [1.29, 1.82) is 0 Å². The molecule has 0 rings (SSSR count). The number of allylic oxidation sites excluding steroid dienone is 4. The standard InChI is InChI=1S/C62H121NO3/c1-3-5-7-9-11-13-15-17-18-19-20-21-22-23-24-25-26-27-28-29-30-31-32-33-34-35-36-37-38-39-40-41-42-43-44-46-48-50-52-54-56-58-62(66)63-60(59-64)61(65)57-55-53-51-49-47-45-16-14-12-10-8-6-4-2/h15,17,19-20,60-61,64-65H,3-14,16,18,21-59H2,1-2H3,(H,63,66)/b17-15-,20-19-. The molecule has 0 aromatic carbocycles. The third kappa shape index (κ3) is 53.8. The highest BCUT2D eigenvalue weighted by atomic mass is 16.3. The van der Waals surface area contributed by atoms with Gasteiger partial charge < -0.3 is 15.5 Å². The van der Waals surface area contributed by atoms with Crippen molar-refractivity contribution in [1.82, 2.24) is 5.32 Å². The fourth-order valence-corrected chi connectivity index (χ4v) is 9.81. The molecule has 0 saturated heterocycles. The molecular weight excluding hydrogens is 807 g/mol. The molecule has 0 aromatic rings. The average Bonchev–Trinajstić information content (AvgIpc) is 3.32. The predicted octanol–water partition coefficient (Wildman–Crippen LogP) is 20.3. The van der Waals surface area contributed by atoms with E-state index in [2.05, 4.69) is 43.5 Å². The number of hydrogen-bond donors (Lipinski definition) is 3. The molecule has 4 heteroatoms. The molecule has 0 aliphatic carbocycles. The molecule has 0 fully saturated rings. The molecule has 0 radical (unpaired) electrons. The van der Waals surface area contributed by atoms with Crippen LogP contribution in [0.4, 0.5) is 0 Å². The first-order valence-electron chi connectivity index (χ1n) is 30.5. The monoisotopic (exact) mass is 928 g/mol. The summed E-state index contributed by atoms with van der Waals surface area (Å²) in [5.41, 5.74) is 0. The van der Waals surface area contributed by atoms with Gasteiger partial charge in [-0.05, 0) is 44.9 Å². The van der Waals surface area contributed by atoms with Gasteiger partial charge in [-0.15, -0.1) is 0 Å². The summed E-state index contributed by atoms with van der Waals surface area (Å²) < 4.78 is 0. The van der Waals surface area contributed by atoms with E-state index in [9.17, 15) is 15.0 Å². The highest BCUT2D eigenvalue weighted by Crippen LogP contribution is 2.18. The summed E-state index contributed by atoms with van der Waals surface area (Å²) in [5, 5.41) is 23.3. The van der Waals surface area contributed by atoms with Crippen LogP contribution in [0.3, 0.4) is 0 Å². The molecule has 0 bridgehead atoms. The van der Waals surface area contributed by atoms with E-state index >= 15 is 0 Å². The summed E-state index contributed by atoms with van der Waals surface area (Å²) in [6, 6.07) is -0.532. The lowest BCUT2D eigenvalue weighted by Gasteiger charge is -2.22. The number of aliphatic hydroxyl groups excluding tert-OH is 2. The van der Waals surface area contributed by atoms with Gasteiger partial charge in [0.2, 0.25) is 5.91 Å². The third-order valence-electron chi connectivity index (χ3n) is 14.5. The van der Waals surface area contributed by atoms with Crippen LogP contribution in [0.2, 0.25) is 0 Å². The number of rotatable bonds is 57. The van der Waals surface area contributed by atoms with Crippen LogP contribution in [0.15, 0.2) is 24.3 Å². The van der Waals surface area contributed by atoms with Gasteiger partial charge in [-0.25, -0.2) is 0 Å². The minimum absolute atomic E-state index is 0.0246. The van der Waals surface area contributed by atoms with Crippen molar-refractivity contribution in [2.24, 2.45) is 0 Å². The SMILES string of the molecule is CCCCCCC/C=C\C/C=C\CCCCCCCCCCCCCCCCCCCCCCCCCCCCCCCC(=O)NC(CO)C(O)CCCCCCCCCCCCCCC. The van der Waals surface area contributed by atoms with Crippen LogP contribution in [0.1, 0.15) is 348 Å². The number of nitrogens with one attached hydrogen (secondary N) is 1. The Morgan fingerprint density at radius 1 is 0.364 bits per heavy atom. The van der Waals surface area contributed by atoms with Crippen molar-refractivity contribution >= 4 is 5.91 Å². The first-order valence-corrected chi connectivity index (χ1v) is 30.5. The van der Waals surface area contributed by atoms with E-state index in [1.807, 2.05) is 0 Å². The van der Waals surface area contributed by atoms with Gasteiger partial charge >= 0.3 is 0 Å². The summed E-state index contributed by atoms with van der Waals surface area (Å²) >= 11 is 0. The lowest BCUT2D eigenvalue weighted by Crippen LogP contribution is -2.45. The van der Waals surface area contributed by atoms with Crippen molar-refractivity contribution in [2.45, 2.75) is 360 Å². The van der Waals surface area contributed by atoms with Crippen LogP contribution < -0.4 is 5.32 Å². The van der Waals surface area contributed by atoms with Crippen molar-refractivity contribution in [3.05, 3.63) is 24.3 Å². The summed E-state index contributed by atoms with van der Waals surface area (Å²) in [6.07, 6.45) is 77.8. The first-order chi connectivity index (χ1) is 32.7. The molecule has 3 N–H and O–H groups in total. The second-order valence-corrected chi connectivity index (χ2v) is 21.1. The fourth-order valence-electron chi connectivity index (χ4n) is 9.81. The normalized spacial score (nSPS) is 12.8. The second kappa shape index (κ2) is 58.2. The van der Waals surface area contributed by atoms with Crippen molar-refractivity contribution in [2.75, 3.05) is 6.61 Å². The Kier molecular flexibility index (Phi) is 57.2. The largest absolute Gasteiger partial charge is 0.394 e. The molecule has 0 aliphatic rings. The van der Waals surface area contributed by atoms with Crippen molar-refractivity contribution in [3.8, 4) is 0 Å². The van der Waals surface area contributed by atoms with Crippen LogP contribution in [0.5, 0.6) is 0 Å². The van der Waals surface area contributed by atoms with E-state index in [1.54, 1.807) is 0 Å². The number of amides is 1. The second-order valence-electron chi connectivity index (χ2n) is 21.1. The Balaban J connectivity index is 3.32. The molecule has 4 nitrogen and oxygen atoms in total.